The van der Waals surface area contributed by atoms with Crippen LogP contribution in [0.4, 0.5) is 5.69 Å². The Bertz CT molecular complexity index is 1020. The molecule has 6 heteroatoms. The van der Waals surface area contributed by atoms with Crippen molar-refractivity contribution >= 4 is 28.1 Å². The predicted molar refractivity (Wildman–Crippen MR) is 127 cm³/mol. The van der Waals surface area contributed by atoms with Crippen LogP contribution in [0, 0.1) is 11.8 Å². The first-order chi connectivity index (χ1) is 14.3. The average Bonchev–Trinajstić information content (AvgIpc) is 3.16. The molecule has 1 aromatic carbocycles. The molecule has 0 saturated heterocycles. The second-order valence-corrected chi connectivity index (χ2v) is 8.73. The van der Waals surface area contributed by atoms with Crippen LogP contribution in [0.1, 0.15) is 39.0 Å². The molecule has 3 aromatic rings. The van der Waals surface area contributed by atoms with Crippen molar-refractivity contribution in [3.63, 3.8) is 0 Å². The van der Waals surface area contributed by atoms with E-state index >= 15 is 0 Å². The summed E-state index contributed by atoms with van der Waals surface area (Å²) in [6.07, 6.45) is 0. The van der Waals surface area contributed by atoms with E-state index in [9.17, 15) is 0 Å². The van der Waals surface area contributed by atoms with Crippen LogP contribution in [0.25, 0.3) is 11.0 Å². The average molecular weight is 423 g/mol. The summed E-state index contributed by atoms with van der Waals surface area (Å²) < 4.78 is 6.06. The monoisotopic (exact) mass is 422 g/mol. The quantitative estimate of drug-likeness (QED) is 0.518. The first-order valence-electron chi connectivity index (χ1n) is 10.3. The Labute approximate surface area is 183 Å². The minimum Gasteiger partial charge on any atom is -0.474 e. The summed E-state index contributed by atoms with van der Waals surface area (Å²) in [5.74, 6) is 6.88. The van der Waals surface area contributed by atoms with Crippen molar-refractivity contribution in [3.8, 4) is 17.7 Å². The van der Waals surface area contributed by atoms with Gasteiger partial charge in [0.25, 0.3) is 0 Å². The fourth-order valence-electron chi connectivity index (χ4n) is 3.30. The molecule has 5 nitrogen and oxygen atoms in total. The van der Waals surface area contributed by atoms with Gasteiger partial charge in [0.15, 0.2) is 5.69 Å². The molecule has 0 fully saturated rings. The molecule has 0 N–H and O–H groups in total. The number of ether oxygens (including phenoxy) is 1. The van der Waals surface area contributed by atoms with Crippen LogP contribution in [0.2, 0.25) is 0 Å². The van der Waals surface area contributed by atoms with Crippen LogP contribution in [0.15, 0.2) is 35.0 Å². The Balaban J connectivity index is 1.82. The predicted octanol–water partition coefficient (Wildman–Crippen LogP) is 4.65. The maximum absolute atomic E-state index is 6.06. The first kappa shape index (κ1) is 22.1. The van der Waals surface area contributed by atoms with E-state index in [-0.39, 0.29) is 0 Å². The van der Waals surface area contributed by atoms with Crippen LogP contribution in [0.5, 0.6) is 5.88 Å². The molecule has 0 bridgehead atoms. The van der Waals surface area contributed by atoms with Gasteiger partial charge < -0.3 is 9.64 Å². The molecular formula is C24H30N4OS. The van der Waals surface area contributed by atoms with Crippen molar-refractivity contribution in [2.24, 2.45) is 0 Å². The number of benzene rings is 1. The van der Waals surface area contributed by atoms with E-state index in [1.165, 1.54) is 0 Å². The van der Waals surface area contributed by atoms with Crippen molar-refractivity contribution in [3.05, 3.63) is 46.3 Å². The molecule has 0 atom stereocenters. The van der Waals surface area contributed by atoms with Crippen LogP contribution >= 0.6 is 11.3 Å². The van der Waals surface area contributed by atoms with Crippen molar-refractivity contribution < 1.29 is 4.74 Å². The first-order valence-corrected chi connectivity index (χ1v) is 11.2. The Hall–Kier alpha value is -2.62. The van der Waals surface area contributed by atoms with Gasteiger partial charge in [0, 0.05) is 54.7 Å². The zero-order valence-corrected chi connectivity index (χ0v) is 19.5. The molecular weight excluding hydrogens is 392 g/mol. The number of hydrogen-bond donors (Lipinski definition) is 0. The van der Waals surface area contributed by atoms with Gasteiger partial charge in [-0.15, -0.1) is 11.3 Å². The highest BCUT2D eigenvalue weighted by Crippen LogP contribution is 2.22. The fourth-order valence-corrected chi connectivity index (χ4v) is 3.97. The van der Waals surface area contributed by atoms with Crippen LogP contribution < -0.4 is 9.64 Å². The smallest absolute Gasteiger partial charge is 0.249 e. The van der Waals surface area contributed by atoms with Gasteiger partial charge in [0.1, 0.15) is 17.6 Å². The second-order valence-electron chi connectivity index (χ2n) is 7.98. The zero-order valence-electron chi connectivity index (χ0n) is 18.6. The molecule has 0 radical (unpaired) electrons. The third-order valence-electron chi connectivity index (χ3n) is 4.90. The van der Waals surface area contributed by atoms with E-state index in [0.29, 0.717) is 30.3 Å². The highest BCUT2D eigenvalue weighted by molar-refractivity contribution is 7.09. The second kappa shape index (κ2) is 9.92. The Morgan fingerprint density at radius 2 is 1.57 bits per heavy atom. The molecule has 30 heavy (non-hydrogen) atoms. The van der Waals surface area contributed by atoms with Gasteiger partial charge in [0.05, 0.1) is 0 Å². The summed E-state index contributed by atoms with van der Waals surface area (Å²) in [6, 6.07) is 9.07. The summed E-state index contributed by atoms with van der Waals surface area (Å²) in [7, 11) is 4.05. The normalized spacial score (nSPS) is 11.2. The highest BCUT2D eigenvalue weighted by atomic mass is 32.1. The number of rotatable bonds is 7. The SMILES string of the molecule is CC(C)N(CCOc1nc2cscc2nc1C#Cc1ccc(N(C)C)cc1)C(C)C. The number of fused-ring (bicyclic) bond motifs is 1. The number of thiophene rings is 1. The van der Waals surface area contributed by atoms with Gasteiger partial charge in [-0.1, -0.05) is 5.92 Å². The number of anilines is 1. The van der Waals surface area contributed by atoms with E-state index in [0.717, 1.165) is 28.8 Å². The third-order valence-corrected chi connectivity index (χ3v) is 5.62. The van der Waals surface area contributed by atoms with Crippen LogP contribution in [-0.4, -0.2) is 54.2 Å². The zero-order chi connectivity index (χ0) is 21.7. The van der Waals surface area contributed by atoms with Gasteiger partial charge in [0.2, 0.25) is 5.88 Å². The van der Waals surface area contributed by atoms with Crippen molar-refractivity contribution in [1.82, 2.24) is 14.9 Å². The summed E-state index contributed by atoms with van der Waals surface area (Å²) in [5, 5.41) is 3.98. The van der Waals surface area contributed by atoms with E-state index in [1.807, 2.05) is 37.0 Å². The van der Waals surface area contributed by atoms with Gasteiger partial charge in [-0.3, -0.25) is 4.90 Å². The topological polar surface area (TPSA) is 41.5 Å². The lowest BCUT2D eigenvalue weighted by Crippen LogP contribution is -2.39. The highest BCUT2D eigenvalue weighted by Gasteiger charge is 2.15. The molecule has 158 valence electrons. The third kappa shape index (κ3) is 5.50. The Kier molecular flexibility index (Phi) is 7.30. The molecule has 0 amide bonds. The van der Waals surface area contributed by atoms with E-state index in [4.69, 9.17) is 9.72 Å². The molecule has 0 aliphatic heterocycles. The molecule has 3 rings (SSSR count). The standard InChI is InChI=1S/C24H30N4OS/c1-17(2)28(18(3)4)13-14-29-24-21(25-22-15-30-16-23(22)26-24)12-9-19-7-10-20(11-8-19)27(5)6/h7-8,10-11,15-18H,13-14H2,1-6H3. The number of hydrogen-bond acceptors (Lipinski definition) is 6. The van der Waals surface area contributed by atoms with Crippen molar-refractivity contribution in [1.29, 1.82) is 0 Å². The molecule has 0 saturated carbocycles. The number of aromatic nitrogens is 2. The van der Waals surface area contributed by atoms with E-state index in [1.54, 1.807) is 11.3 Å². The largest absolute Gasteiger partial charge is 0.474 e. The summed E-state index contributed by atoms with van der Waals surface area (Å²) in [5.41, 5.74) is 4.36. The minimum atomic E-state index is 0.462. The van der Waals surface area contributed by atoms with Gasteiger partial charge in [-0.05, 0) is 57.9 Å². The summed E-state index contributed by atoms with van der Waals surface area (Å²) in [4.78, 5) is 13.8. The maximum atomic E-state index is 6.06. The van der Waals surface area contributed by atoms with E-state index in [2.05, 4.69) is 66.5 Å². The lowest BCUT2D eigenvalue weighted by Gasteiger charge is -2.30. The van der Waals surface area contributed by atoms with Crippen molar-refractivity contribution in [2.45, 2.75) is 39.8 Å². The lowest BCUT2D eigenvalue weighted by atomic mass is 10.2. The summed E-state index contributed by atoms with van der Waals surface area (Å²) in [6.45, 7) is 10.2. The molecule has 0 unspecified atom stereocenters. The Morgan fingerprint density at radius 3 is 2.17 bits per heavy atom. The van der Waals surface area contributed by atoms with Gasteiger partial charge in [-0.2, -0.15) is 0 Å². The van der Waals surface area contributed by atoms with Crippen molar-refractivity contribution in [2.75, 3.05) is 32.1 Å². The van der Waals surface area contributed by atoms with Crippen LogP contribution in [-0.2, 0) is 0 Å². The molecule has 0 aliphatic rings. The van der Waals surface area contributed by atoms with E-state index < -0.39 is 0 Å². The minimum absolute atomic E-state index is 0.462. The molecule has 2 aromatic heterocycles. The molecule has 2 heterocycles. The van der Waals surface area contributed by atoms with Gasteiger partial charge in [-0.25, -0.2) is 9.97 Å². The lowest BCUT2D eigenvalue weighted by molar-refractivity contribution is 0.140. The maximum Gasteiger partial charge on any atom is 0.249 e. The summed E-state index contributed by atoms with van der Waals surface area (Å²) >= 11 is 1.58. The molecule has 0 aliphatic carbocycles. The number of nitrogens with zero attached hydrogens (tertiary/aromatic N) is 4. The molecule has 0 spiro atoms. The fraction of sp³-hybridized carbons (Fsp3) is 0.417. The van der Waals surface area contributed by atoms with Crippen LogP contribution in [0.3, 0.4) is 0 Å². The van der Waals surface area contributed by atoms with Gasteiger partial charge >= 0.3 is 0 Å². The Morgan fingerprint density at radius 1 is 0.933 bits per heavy atom.